The van der Waals surface area contributed by atoms with Crippen molar-refractivity contribution in [3.63, 3.8) is 0 Å². The second kappa shape index (κ2) is 10.4. The molecule has 2 aliphatic rings. The molecule has 31 heavy (non-hydrogen) atoms. The number of carbonyl (C=O) groups excluding carboxylic acids is 2. The summed E-state index contributed by atoms with van der Waals surface area (Å²) >= 11 is 1.48. The average molecular weight is 446 g/mol. The molecule has 4 rings (SSSR count). The minimum atomic E-state index is 0.111. The molecule has 0 atom stereocenters. The molecule has 9 heteroatoms. The molecule has 1 aliphatic carbocycles. The van der Waals surface area contributed by atoms with Crippen molar-refractivity contribution in [3.05, 3.63) is 34.1 Å². The van der Waals surface area contributed by atoms with E-state index in [4.69, 9.17) is 4.52 Å². The molecule has 3 heterocycles. The molecule has 8 nitrogen and oxygen atoms in total. The SMILES string of the molecule is CN(C(=O)CCc1nc(CN2CCN(C(=O)c3cccs3)CC2)no1)C1CCCCC1. The smallest absolute Gasteiger partial charge is 0.264 e. The van der Waals surface area contributed by atoms with Crippen LogP contribution in [-0.4, -0.2) is 75.9 Å². The van der Waals surface area contributed by atoms with E-state index in [9.17, 15) is 9.59 Å². The van der Waals surface area contributed by atoms with E-state index in [-0.39, 0.29) is 11.8 Å². The highest BCUT2D eigenvalue weighted by Crippen LogP contribution is 2.22. The fraction of sp³-hybridized carbons (Fsp3) is 0.636. The molecule has 0 bridgehead atoms. The predicted octanol–water partition coefficient (Wildman–Crippen LogP) is 2.81. The number of nitrogens with zero attached hydrogens (tertiary/aromatic N) is 5. The first-order valence-electron chi connectivity index (χ1n) is 11.2. The summed E-state index contributed by atoms with van der Waals surface area (Å²) in [5, 5.41) is 6.02. The molecule has 168 valence electrons. The maximum absolute atomic E-state index is 12.5. The third-order valence-electron chi connectivity index (χ3n) is 6.34. The van der Waals surface area contributed by atoms with Crippen molar-refractivity contribution in [1.82, 2.24) is 24.8 Å². The van der Waals surface area contributed by atoms with Crippen molar-refractivity contribution >= 4 is 23.2 Å². The monoisotopic (exact) mass is 445 g/mol. The molecule has 0 aromatic carbocycles. The third kappa shape index (κ3) is 5.71. The first-order chi connectivity index (χ1) is 15.1. The molecule has 2 aromatic heterocycles. The van der Waals surface area contributed by atoms with E-state index in [0.717, 1.165) is 30.8 Å². The summed E-state index contributed by atoms with van der Waals surface area (Å²) in [6, 6.07) is 4.16. The van der Waals surface area contributed by atoms with Gasteiger partial charge in [0.05, 0.1) is 11.4 Å². The molecule has 0 radical (unpaired) electrons. The second-order valence-electron chi connectivity index (χ2n) is 8.45. The van der Waals surface area contributed by atoms with Crippen LogP contribution in [0.1, 0.15) is 59.9 Å². The van der Waals surface area contributed by atoms with Crippen LogP contribution in [-0.2, 0) is 17.8 Å². The number of rotatable bonds is 7. The number of hydrogen-bond donors (Lipinski definition) is 0. The Bertz CT molecular complexity index is 854. The number of piperazine rings is 1. The topological polar surface area (TPSA) is 82.8 Å². The van der Waals surface area contributed by atoms with Gasteiger partial charge >= 0.3 is 0 Å². The van der Waals surface area contributed by atoms with Gasteiger partial charge in [0.25, 0.3) is 5.91 Å². The zero-order valence-electron chi connectivity index (χ0n) is 18.2. The molecular weight excluding hydrogens is 414 g/mol. The first kappa shape index (κ1) is 22.0. The van der Waals surface area contributed by atoms with Crippen LogP contribution in [0.2, 0.25) is 0 Å². The van der Waals surface area contributed by atoms with Crippen molar-refractivity contribution in [2.45, 2.75) is 57.5 Å². The molecule has 0 N–H and O–H groups in total. The van der Waals surface area contributed by atoms with Crippen LogP contribution in [0, 0.1) is 0 Å². The predicted molar refractivity (Wildman–Crippen MR) is 118 cm³/mol. The average Bonchev–Trinajstić information content (AvgIpc) is 3.50. The Labute approximate surface area is 187 Å². The lowest BCUT2D eigenvalue weighted by atomic mass is 9.94. The number of carbonyl (C=O) groups is 2. The maximum atomic E-state index is 12.5. The van der Waals surface area contributed by atoms with Gasteiger partial charge in [-0.1, -0.05) is 30.5 Å². The Hall–Kier alpha value is -2.26. The van der Waals surface area contributed by atoms with Gasteiger partial charge in [-0.25, -0.2) is 0 Å². The number of aryl methyl sites for hydroxylation is 1. The molecule has 0 unspecified atom stereocenters. The van der Waals surface area contributed by atoms with Crippen molar-refractivity contribution in [2.75, 3.05) is 33.2 Å². The van der Waals surface area contributed by atoms with E-state index >= 15 is 0 Å². The highest BCUT2D eigenvalue weighted by Gasteiger charge is 2.25. The van der Waals surface area contributed by atoms with E-state index in [1.54, 1.807) is 0 Å². The number of thiophene rings is 1. The van der Waals surface area contributed by atoms with Gasteiger partial charge in [-0.05, 0) is 24.3 Å². The summed E-state index contributed by atoms with van der Waals surface area (Å²) in [5.74, 6) is 1.42. The van der Waals surface area contributed by atoms with E-state index in [1.807, 2.05) is 34.4 Å². The summed E-state index contributed by atoms with van der Waals surface area (Å²) in [6.45, 7) is 3.56. The molecule has 1 saturated heterocycles. The van der Waals surface area contributed by atoms with Crippen LogP contribution >= 0.6 is 11.3 Å². The van der Waals surface area contributed by atoms with E-state index in [2.05, 4.69) is 15.0 Å². The van der Waals surface area contributed by atoms with Gasteiger partial charge in [0.2, 0.25) is 11.8 Å². The van der Waals surface area contributed by atoms with Crippen LogP contribution in [0.4, 0.5) is 0 Å². The lowest BCUT2D eigenvalue weighted by molar-refractivity contribution is -0.132. The zero-order valence-corrected chi connectivity index (χ0v) is 19.0. The maximum Gasteiger partial charge on any atom is 0.264 e. The summed E-state index contributed by atoms with van der Waals surface area (Å²) in [6.07, 6.45) is 6.81. The Balaban J connectivity index is 1.20. The minimum Gasteiger partial charge on any atom is -0.343 e. The van der Waals surface area contributed by atoms with Gasteiger partial charge in [0, 0.05) is 52.1 Å². The standard InChI is InChI=1S/C22H31N5O3S/c1-25(17-6-3-2-4-7-17)21(28)10-9-20-23-19(24-30-20)16-26-11-13-27(14-12-26)22(29)18-8-5-15-31-18/h5,8,15,17H,2-4,6-7,9-14,16H2,1H3. The molecule has 2 amide bonds. The van der Waals surface area contributed by atoms with Gasteiger partial charge in [-0.2, -0.15) is 4.98 Å². The summed E-state index contributed by atoms with van der Waals surface area (Å²) in [4.78, 5) is 36.3. The largest absolute Gasteiger partial charge is 0.343 e. The van der Waals surface area contributed by atoms with Gasteiger partial charge in [-0.15, -0.1) is 11.3 Å². The van der Waals surface area contributed by atoms with Crippen LogP contribution < -0.4 is 0 Å². The highest BCUT2D eigenvalue weighted by molar-refractivity contribution is 7.12. The lowest BCUT2D eigenvalue weighted by Gasteiger charge is -2.33. The van der Waals surface area contributed by atoms with Gasteiger partial charge < -0.3 is 14.3 Å². The highest BCUT2D eigenvalue weighted by atomic mass is 32.1. The molecule has 2 aromatic rings. The molecule has 2 fully saturated rings. The zero-order chi connectivity index (χ0) is 21.6. The van der Waals surface area contributed by atoms with Gasteiger partial charge in [0.1, 0.15) is 0 Å². The van der Waals surface area contributed by atoms with E-state index in [0.29, 0.717) is 50.2 Å². The van der Waals surface area contributed by atoms with Crippen LogP contribution in [0.3, 0.4) is 0 Å². The van der Waals surface area contributed by atoms with Crippen LogP contribution in [0.25, 0.3) is 0 Å². The second-order valence-corrected chi connectivity index (χ2v) is 9.39. The summed E-state index contributed by atoms with van der Waals surface area (Å²) < 4.78 is 5.37. The normalized spacial score (nSPS) is 18.3. The number of hydrogen-bond acceptors (Lipinski definition) is 7. The number of aromatic nitrogens is 2. The summed E-state index contributed by atoms with van der Waals surface area (Å²) in [5.41, 5.74) is 0. The minimum absolute atomic E-state index is 0.111. The molecule has 1 aliphatic heterocycles. The Morgan fingerprint density at radius 3 is 2.68 bits per heavy atom. The van der Waals surface area contributed by atoms with Gasteiger partial charge in [-0.3, -0.25) is 14.5 Å². The third-order valence-corrected chi connectivity index (χ3v) is 7.19. The van der Waals surface area contributed by atoms with Crippen molar-refractivity contribution < 1.29 is 14.1 Å². The van der Waals surface area contributed by atoms with Crippen LogP contribution in [0.5, 0.6) is 0 Å². The van der Waals surface area contributed by atoms with Crippen molar-refractivity contribution in [3.8, 4) is 0 Å². The lowest BCUT2D eigenvalue weighted by Crippen LogP contribution is -2.48. The quantitative estimate of drug-likeness (QED) is 0.652. The van der Waals surface area contributed by atoms with E-state index < -0.39 is 0 Å². The van der Waals surface area contributed by atoms with Crippen LogP contribution in [0.15, 0.2) is 22.0 Å². The van der Waals surface area contributed by atoms with Crippen molar-refractivity contribution in [1.29, 1.82) is 0 Å². The first-order valence-corrected chi connectivity index (χ1v) is 12.1. The van der Waals surface area contributed by atoms with Crippen molar-refractivity contribution in [2.24, 2.45) is 0 Å². The molecular formula is C22H31N5O3S. The molecule has 1 saturated carbocycles. The fourth-order valence-corrected chi connectivity index (χ4v) is 5.07. The molecule has 0 spiro atoms. The number of amides is 2. The Morgan fingerprint density at radius 2 is 1.97 bits per heavy atom. The summed E-state index contributed by atoms with van der Waals surface area (Å²) in [7, 11) is 1.92. The van der Waals surface area contributed by atoms with Gasteiger partial charge in [0.15, 0.2) is 5.82 Å². The van der Waals surface area contributed by atoms with E-state index in [1.165, 1.54) is 30.6 Å². The Morgan fingerprint density at radius 1 is 1.19 bits per heavy atom. The fourth-order valence-electron chi connectivity index (χ4n) is 4.38. The Kier molecular flexibility index (Phi) is 7.34.